The summed E-state index contributed by atoms with van der Waals surface area (Å²) in [5.41, 5.74) is 0. The molecule has 0 spiro atoms. The standard InChI is InChI=1S/C11H18O9/c12-3-1-2-9(15)18-6-8(20-11(17)5-14)7-19-10(16)4-13/h8,12-14H,1-7H2. The fraction of sp³-hybridized carbons (Fsp3) is 0.727. The molecule has 1 unspecified atom stereocenters. The van der Waals surface area contributed by atoms with Crippen LogP contribution in [0.4, 0.5) is 0 Å². The number of esters is 3. The molecular formula is C11H18O9. The molecule has 1 atom stereocenters. The predicted molar refractivity (Wildman–Crippen MR) is 62.3 cm³/mol. The zero-order valence-electron chi connectivity index (χ0n) is 10.8. The minimum absolute atomic E-state index is 0.00636. The number of hydrogen-bond donors (Lipinski definition) is 3. The van der Waals surface area contributed by atoms with Crippen LogP contribution in [-0.2, 0) is 28.6 Å². The summed E-state index contributed by atoms with van der Waals surface area (Å²) < 4.78 is 14.0. The van der Waals surface area contributed by atoms with Crippen LogP contribution in [0.1, 0.15) is 12.8 Å². The minimum atomic E-state index is -1.08. The SMILES string of the molecule is O=C(CO)OCC(COC(=O)CCCO)OC(=O)CO. The highest BCUT2D eigenvalue weighted by molar-refractivity contribution is 5.71. The van der Waals surface area contributed by atoms with Gasteiger partial charge in [-0.1, -0.05) is 0 Å². The van der Waals surface area contributed by atoms with E-state index in [0.29, 0.717) is 0 Å². The van der Waals surface area contributed by atoms with E-state index in [9.17, 15) is 14.4 Å². The lowest BCUT2D eigenvalue weighted by Gasteiger charge is -2.17. The number of ether oxygens (including phenoxy) is 3. The summed E-state index contributed by atoms with van der Waals surface area (Å²) in [6.45, 7) is -2.65. The largest absolute Gasteiger partial charge is 0.462 e. The second kappa shape index (κ2) is 11.1. The zero-order chi connectivity index (χ0) is 15.4. The summed E-state index contributed by atoms with van der Waals surface area (Å²) >= 11 is 0. The van der Waals surface area contributed by atoms with E-state index in [1.165, 1.54) is 0 Å². The Kier molecular flexibility index (Phi) is 10.2. The first-order valence-corrected chi connectivity index (χ1v) is 5.86. The summed E-state index contributed by atoms with van der Waals surface area (Å²) in [5.74, 6) is -2.51. The first-order valence-electron chi connectivity index (χ1n) is 5.86. The summed E-state index contributed by atoms with van der Waals surface area (Å²) in [7, 11) is 0. The maximum atomic E-state index is 11.2. The molecule has 9 heteroatoms. The highest BCUT2D eigenvalue weighted by Gasteiger charge is 2.18. The Bertz CT molecular complexity index is 315. The van der Waals surface area contributed by atoms with Crippen LogP contribution in [0.2, 0.25) is 0 Å². The highest BCUT2D eigenvalue weighted by atomic mass is 16.6. The molecular weight excluding hydrogens is 276 g/mol. The quantitative estimate of drug-likeness (QED) is 0.301. The van der Waals surface area contributed by atoms with Crippen molar-refractivity contribution in [1.82, 2.24) is 0 Å². The van der Waals surface area contributed by atoms with Crippen molar-refractivity contribution in [3.63, 3.8) is 0 Å². The van der Waals surface area contributed by atoms with Crippen molar-refractivity contribution in [1.29, 1.82) is 0 Å². The minimum Gasteiger partial charge on any atom is -0.462 e. The van der Waals surface area contributed by atoms with Gasteiger partial charge in [0.2, 0.25) is 0 Å². The van der Waals surface area contributed by atoms with Crippen LogP contribution in [0.25, 0.3) is 0 Å². The third-order valence-corrected chi connectivity index (χ3v) is 1.96. The Balaban J connectivity index is 4.19. The third kappa shape index (κ3) is 9.25. The first kappa shape index (κ1) is 18.3. The maximum Gasteiger partial charge on any atom is 0.332 e. The van der Waals surface area contributed by atoms with E-state index in [1.54, 1.807) is 0 Å². The van der Waals surface area contributed by atoms with Gasteiger partial charge < -0.3 is 29.5 Å². The van der Waals surface area contributed by atoms with E-state index in [2.05, 4.69) is 9.47 Å². The molecule has 0 fully saturated rings. The zero-order valence-corrected chi connectivity index (χ0v) is 10.8. The van der Waals surface area contributed by atoms with E-state index in [-0.39, 0.29) is 26.1 Å². The van der Waals surface area contributed by atoms with Gasteiger partial charge in [0.25, 0.3) is 0 Å². The smallest absolute Gasteiger partial charge is 0.332 e. The molecule has 0 amide bonds. The summed E-state index contributed by atoms with van der Waals surface area (Å²) in [6, 6.07) is 0. The second-order valence-electron chi connectivity index (χ2n) is 3.62. The third-order valence-electron chi connectivity index (χ3n) is 1.96. The molecule has 0 saturated heterocycles. The van der Waals surface area contributed by atoms with Crippen LogP contribution in [0.3, 0.4) is 0 Å². The van der Waals surface area contributed by atoms with Crippen LogP contribution in [0.5, 0.6) is 0 Å². The van der Waals surface area contributed by atoms with Crippen molar-refractivity contribution < 1.29 is 43.9 Å². The van der Waals surface area contributed by atoms with E-state index >= 15 is 0 Å². The van der Waals surface area contributed by atoms with E-state index in [0.717, 1.165) is 0 Å². The highest BCUT2D eigenvalue weighted by Crippen LogP contribution is 2.00. The van der Waals surface area contributed by atoms with Gasteiger partial charge in [0.05, 0.1) is 0 Å². The lowest BCUT2D eigenvalue weighted by molar-refractivity contribution is -0.169. The fourth-order valence-electron chi connectivity index (χ4n) is 1.05. The van der Waals surface area contributed by atoms with Crippen molar-refractivity contribution in [2.24, 2.45) is 0 Å². The van der Waals surface area contributed by atoms with E-state index < -0.39 is 43.8 Å². The molecule has 116 valence electrons. The summed E-state index contributed by atoms with van der Waals surface area (Å²) in [5, 5.41) is 25.5. The maximum absolute atomic E-state index is 11.2. The molecule has 0 aliphatic heterocycles. The topological polar surface area (TPSA) is 140 Å². The number of rotatable bonds is 10. The van der Waals surface area contributed by atoms with Crippen molar-refractivity contribution in [3.05, 3.63) is 0 Å². The van der Waals surface area contributed by atoms with Crippen LogP contribution < -0.4 is 0 Å². The van der Waals surface area contributed by atoms with Crippen LogP contribution in [0, 0.1) is 0 Å². The number of aliphatic hydroxyl groups is 3. The Morgan fingerprint density at radius 1 is 0.850 bits per heavy atom. The van der Waals surface area contributed by atoms with Gasteiger partial charge in [0.1, 0.15) is 26.4 Å². The lowest BCUT2D eigenvalue weighted by atomic mass is 10.3. The summed E-state index contributed by atoms with van der Waals surface area (Å²) in [4.78, 5) is 32.9. The molecule has 0 aromatic rings. The Hall–Kier alpha value is -1.71. The normalized spacial score (nSPS) is 11.6. The molecule has 0 aromatic heterocycles. The van der Waals surface area contributed by atoms with E-state index in [1.807, 2.05) is 0 Å². The van der Waals surface area contributed by atoms with Crippen LogP contribution in [-0.4, -0.2) is 72.4 Å². The van der Waals surface area contributed by atoms with Gasteiger partial charge in [-0.3, -0.25) is 4.79 Å². The average Bonchev–Trinajstić information content (AvgIpc) is 2.46. The molecule has 3 N–H and O–H groups in total. The van der Waals surface area contributed by atoms with Crippen molar-refractivity contribution in [2.45, 2.75) is 18.9 Å². The van der Waals surface area contributed by atoms with Crippen molar-refractivity contribution >= 4 is 17.9 Å². The molecule has 0 radical (unpaired) electrons. The number of aliphatic hydroxyl groups excluding tert-OH is 3. The Labute approximate surface area is 115 Å². The second-order valence-corrected chi connectivity index (χ2v) is 3.62. The fourth-order valence-corrected chi connectivity index (χ4v) is 1.05. The van der Waals surface area contributed by atoms with Gasteiger partial charge in [-0.2, -0.15) is 0 Å². The molecule has 0 aliphatic rings. The van der Waals surface area contributed by atoms with E-state index in [4.69, 9.17) is 20.1 Å². The van der Waals surface area contributed by atoms with Crippen LogP contribution in [0.15, 0.2) is 0 Å². The first-order chi connectivity index (χ1) is 9.53. The molecule has 0 heterocycles. The predicted octanol–water partition coefficient (Wildman–Crippen LogP) is -2.26. The molecule has 0 aromatic carbocycles. The molecule has 0 rings (SSSR count). The van der Waals surface area contributed by atoms with Gasteiger partial charge in [0.15, 0.2) is 6.10 Å². The van der Waals surface area contributed by atoms with Gasteiger partial charge in [-0.05, 0) is 6.42 Å². The Morgan fingerprint density at radius 3 is 1.90 bits per heavy atom. The molecule has 20 heavy (non-hydrogen) atoms. The monoisotopic (exact) mass is 294 g/mol. The van der Waals surface area contributed by atoms with Crippen molar-refractivity contribution in [3.8, 4) is 0 Å². The number of hydrogen-bond acceptors (Lipinski definition) is 9. The Morgan fingerprint density at radius 2 is 1.40 bits per heavy atom. The molecule has 0 saturated carbocycles. The molecule has 0 bridgehead atoms. The number of carbonyl (C=O) groups excluding carboxylic acids is 3. The summed E-state index contributed by atoms with van der Waals surface area (Å²) in [6.07, 6.45) is -0.851. The van der Waals surface area contributed by atoms with Gasteiger partial charge in [0, 0.05) is 13.0 Å². The van der Waals surface area contributed by atoms with Gasteiger partial charge in [-0.25, -0.2) is 9.59 Å². The van der Waals surface area contributed by atoms with Crippen LogP contribution >= 0.6 is 0 Å². The van der Waals surface area contributed by atoms with Gasteiger partial charge >= 0.3 is 17.9 Å². The molecule has 9 nitrogen and oxygen atoms in total. The van der Waals surface area contributed by atoms with Crippen molar-refractivity contribution in [2.75, 3.05) is 33.0 Å². The average molecular weight is 294 g/mol. The van der Waals surface area contributed by atoms with Gasteiger partial charge in [-0.15, -0.1) is 0 Å². The number of carbonyl (C=O) groups is 3. The molecule has 0 aliphatic carbocycles. The lowest BCUT2D eigenvalue weighted by Crippen LogP contribution is -2.32.